The van der Waals surface area contributed by atoms with Crippen LogP contribution in [0.3, 0.4) is 0 Å². The maximum Gasteiger partial charge on any atom is 0.472 e. The molecule has 0 radical (unpaired) electrons. The van der Waals surface area contributed by atoms with Gasteiger partial charge in [-0.3, -0.25) is 37.3 Å². The molecule has 0 aromatic carbocycles. The summed E-state index contributed by atoms with van der Waals surface area (Å²) >= 11 is 0. The zero-order valence-corrected chi connectivity index (χ0v) is 57.2. The summed E-state index contributed by atoms with van der Waals surface area (Å²) in [4.78, 5) is 72.4. The average molecular weight is 1270 g/mol. The molecule has 0 aliphatic heterocycles. The Balaban J connectivity index is 5.24. The fourth-order valence-electron chi connectivity index (χ4n) is 10.1. The molecule has 0 saturated heterocycles. The molecule has 0 heterocycles. The topological polar surface area (TPSA) is 237 Å². The molecule has 86 heavy (non-hydrogen) atoms. The molecule has 0 aromatic heterocycles. The highest BCUT2D eigenvalue weighted by Crippen LogP contribution is 2.45. The molecule has 0 aliphatic rings. The molecular formula is C67H130O17P2. The Labute approximate surface area is 524 Å². The Kier molecular flexibility index (Phi) is 59.2. The first kappa shape index (κ1) is 84.1. The van der Waals surface area contributed by atoms with E-state index in [2.05, 4.69) is 34.6 Å². The predicted molar refractivity (Wildman–Crippen MR) is 345 cm³/mol. The van der Waals surface area contributed by atoms with E-state index < -0.39 is 97.5 Å². The van der Waals surface area contributed by atoms with Crippen LogP contribution < -0.4 is 0 Å². The summed E-state index contributed by atoms with van der Waals surface area (Å²) in [6.07, 6.45) is 45.6. The van der Waals surface area contributed by atoms with Crippen molar-refractivity contribution in [1.29, 1.82) is 0 Å². The van der Waals surface area contributed by atoms with Crippen molar-refractivity contribution in [3.63, 3.8) is 0 Å². The summed E-state index contributed by atoms with van der Waals surface area (Å²) in [6, 6.07) is 0. The molecule has 0 fully saturated rings. The van der Waals surface area contributed by atoms with Gasteiger partial charge in [0.15, 0.2) is 12.2 Å². The Morgan fingerprint density at radius 2 is 0.535 bits per heavy atom. The van der Waals surface area contributed by atoms with Crippen LogP contribution >= 0.6 is 15.6 Å². The van der Waals surface area contributed by atoms with Gasteiger partial charge in [0, 0.05) is 25.7 Å². The van der Waals surface area contributed by atoms with E-state index >= 15 is 0 Å². The molecule has 19 heteroatoms. The maximum absolute atomic E-state index is 13.0. The van der Waals surface area contributed by atoms with Crippen LogP contribution in [0.1, 0.15) is 343 Å². The van der Waals surface area contributed by atoms with E-state index in [0.717, 1.165) is 95.8 Å². The van der Waals surface area contributed by atoms with Gasteiger partial charge in [-0.2, -0.15) is 0 Å². The highest BCUT2D eigenvalue weighted by atomic mass is 31.2. The third-order valence-electron chi connectivity index (χ3n) is 15.5. The molecule has 510 valence electrons. The fraction of sp³-hybridized carbons (Fsp3) is 0.940. The van der Waals surface area contributed by atoms with Crippen molar-refractivity contribution in [2.24, 2.45) is 5.92 Å². The lowest BCUT2D eigenvalue weighted by molar-refractivity contribution is -0.161. The predicted octanol–water partition coefficient (Wildman–Crippen LogP) is 19.0. The number of aliphatic hydroxyl groups excluding tert-OH is 1. The first-order chi connectivity index (χ1) is 41.5. The van der Waals surface area contributed by atoms with Crippen molar-refractivity contribution in [1.82, 2.24) is 0 Å². The minimum atomic E-state index is -4.95. The minimum Gasteiger partial charge on any atom is -0.462 e. The zero-order valence-electron chi connectivity index (χ0n) is 55.4. The number of esters is 4. The van der Waals surface area contributed by atoms with Crippen molar-refractivity contribution in [3.05, 3.63) is 0 Å². The lowest BCUT2D eigenvalue weighted by atomic mass is 10.0. The summed E-state index contributed by atoms with van der Waals surface area (Å²) in [7, 11) is -9.89. The van der Waals surface area contributed by atoms with Gasteiger partial charge >= 0.3 is 39.5 Å². The summed E-state index contributed by atoms with van der Waals surface area (Å²) < 4.78 is 68.1. The van der Waals surface area contributed by atoms with E-state index in [4.69, 9.17) is 37.0 Å². The average Bonchev–Trinajstić information content (AvgIpc) is 3.65. The number of carbonyl (C=O) groups excluding carboxylic acids is 4. The zero-order chi connectivity index (χ0) is 63.5. The molecule has 0 rings (SSSR count). The maximum atomic E-state index is 13.0. The van der Waals surface area contributed by atoms with Crippen LogP contribution in [0.2, 0.25) is 0 Å². The molecule has 2 unspecified atom stereocenters. The second-order valence-electron chi connectivity index (χ2n) is 24.7. The van der Waals surface area contributed by atoms with Crippen LogP contribution in [-0.2, 0) is 65.4 Å². The lowest BCUT2D eigenvalue weighted by Gasteiger charge is -2.21. The smallest absolute Gasteiger partial charge is 0.462 e. The summed E-state index contributed by atoms with van der Waals surface area (Å²) in [5.74, 6) is -1.36. The van der Waals surface area contributed by atoms with Crippen LogP contribution in [-0.4, -0.2) is 96.7 Å². The van der Waals surface area contributed by atoms with Gasteiger partial charge in [0.25, 0.3) is 0 Å². The van der Waals surface area contributed by atoms with Crippen molar-refractivity contribution < 1.29 is 80.2 Å². The summed E-state index contributed by atoms with van der Waals surface area (Å²) in [6.45, 7) is 7.21. The number of unbranched alkanes of at least 4 members (excludes halogenated alkanes) is 39. The monoisotopic (exact) mass is 1270 g/mol. The normalized spacial score (nSPS) is 14.2. The van der Waals surface area contributed by atoms with Crippen LogP contribution in [0.5, 0.6) is 0 Å². The van der Waals surface area contributed by atoms with Crippen molar-refractivity contribution in [2.45, 2.75) is 361 Å². The number of aliphatic hydroxyl groups is 1. The molecule has 0 aliphatic carbocycles. The van der Waals surface area contributed by atoms with E-state index in [1.54, 1.807) is 0 Å². The largest absolute Gasteiger partial charge is 0.472 e. The Hall–Kier alpha value is -1.94. The number of hydrogen-bond donors (Lipinski definition) is 3. The highest BCUT2D eigenvalue weighted by Gasteiger charge is 2.30. The Morgan fingerprint density at radius 1 is 0.314 bits per heavy atom. The number of rotatable bonds is 67. The second-order valence-corrected chi connectivity index (χ2v) is 27.6. The molecule has 0 bridgehead atoms. The molecule has 3 N–H and O–H groups in total. The van der Waals surface area contributed by atoms with Crippen LogP contribution in [0.25, 0.3) is 0 Å². The van der Waals surface area contributed by atoms with Crippen LogP contribution in [0.4, 0.5) is 0 Å². The van der Waals surface area contributed by atoms with E-state index in [-0.39, 0.29) is 25.7 Å². The molecule has 0 spiro atoms. The summed E-state index contributed by atoms with van der Waals surface area (Å²) in [5, 5.41) is 10.6. The van der Waals surface area contributed by atoms with E-state index in [9.17, 15) is 43.2 Å². The van der Waals surface area contributed by atoms with Gasteiger partial charge in [0.05, 0.1) is 26.4 Å². The Morgan fingerprint density at radius 3 is 0.791 bits per heavy atom. The quantitative estimate of drug-likeness (QED) is 0.0222. The number of phosphoric ester groups is 2. The van der Waals surface area contributed by atoms with E-state index in [1.165, 1.54) is 167 Å². The lowest BCUT2D eigenvalue weighted by Crippen LogP contribution is -2.30. The number of ether oxygens (including phenoxy) is 4. The van der Waals surface area contributed by atoms with Gasteiger partial charge in [0.1, 0.15) is 19.3 Å². The number of phosphoric acid groups is 2. The minimum absolute atomic E-state index is 0.107. The van der Waals surface area contributed by atoms with Crippen molar-refractivity contribution in [2.75, 3.05) is 39.6 Å². The molecule has 0 amide bonds. The first-order valence-electron chi connectivity index (χ1n) is 35.1. The van der Waals surface area contributed by atoms with Gasteiger partial charge < -0.3 is 33.8 Å². The van der Waals surface area contributed by atoms with Gasteiger partial charge in [-0.25, -0.2) is 9.13 Å². The van der Waals surface area contributed by atoms with Gasteiger partial charge in [0.2, 0.25) is 0 Å². The van der Waals surface area contributed by atoms with Crippen molar-refractivity contribution in [3.8, 4) is 0 Å². The molecule has 0 saturated carbocycles. The summed E-state index contributed by atoms with van der Waals surface area (Å²) in [5.41, 5.74) is 0. The second kappa shape index (κ2) is 60.6. The van der Waals surface area contributed by atoms with Gasteiger partial charge in [-0.1, -0.05) is 291 Å². The Bertz CT molecular complexity index is 1670. The highest BCUT2D eigenvalue weighted by molar-refractivity contribution is 7.47. The van der Waals surface area contributed by atoms with Crippen molar-refractivity contribution >= 4 is 39.5 Å². The van der Waals surface area contributed by atoms with E-state index in [0.29, 0.717) is 25.7 Å². The third kappa shape index (κ3) is 60.9. The first-order valence-corrected chi connectivity index (χ1v) is 38.1. The van der Waals surface area contributed by atoms with Crippen LogP contribution in [0.15, 0.2) is 0 Å². The SMILES string of the molecule is CCCCCCCCCCCCCC(=O)OC[C@H](COP(=O)(O)OC[C@@H](O)COP(=O)(O)OC[C@@H](COC(=O)CCCCCCCCCCCC)OC(=O)CCCCCCCCCCCCC)OC(=O)CCCCCCCCCCCCCC(C)C. The fourth-order valence-corrected chi connectivity index (χ4v) is 11.7. The third-order valence-corrected chi connectivity index (χ3v) is 17.4. The molecule has 0 aromatic rings. The molecule has 5 atom stereocenters. The van der Waals surface area contributed by atoms with E-state index in [1.807, 2.05) is 0 Å². The molecular weight excluding hydrogens is 1140 g/mol. The van der Waals surface area contributed by atoms with Gasteiger partial charge in [-0.15, -0.1) is 0 Å². The van der Waals surface area contributed by atoms with Crippen LogP contribution in [0, 0.1) is 5.92 Å². The van der Waals surface area contributed by atoms with Gasteiger partial charge in [-0.05, 0) is 31.6 Å². The number of carbonyl (C=O) groups is 4. The standard InChI is InChI=1S/C67H130O17P2/c1-6-9-12-15-18-21-25-31-36-41-46-51-65(70)78-57-63(84-67(72)53-48-43-38-33-28-24-27-29-34-39-44-49-60(4)5)59-82-86(75,76)80-55-61(68)54-79-85(73,74)81-58-62(56-77-64(69)50-45-40-35-30-23-20-17-14-11-8-3)83-66(71)52-47-42-37-32-26-22-19-16-13-10-7-2/h60-63,68H,6-59H2,1-5H3,(H,73,74)(H,75,76)/t61-,62+,63+/m0/s1. The number of hydrogen-bond acceptors (Lipinski definition) is 15. The molecule has 17 nitrogen and oxygen atoms in total.